The van der Waals surface area contributed by atoms with Gasteiger partial charge in [-0.1, -0.05) is 36.4 Å². The van der Waals surface area contributed by atoms with E-state index in [4.69, 9.17) is 0 Å². The summed E-state index contributed by atoms with van der Waals surface area (Å²) in [7, 11) is 0. The fourth-order valence-corrected chi connectivity index (χ4v) is 4.85. The Labute approximate surface area is 163 Å². The SMILES string of the molecule is O=C1CCCC1[C@]1(O)C(=O)N(CCc2c[nH]c3ccccc23)c2ccccc21. The molecule has 1 aliphatic carbocycles. The highest BCUT2D eigenvalue weighted by atomic mass is 16.3. The average molecular weight is 374 g/mol. The van der Waals surface area contributed by atoms with Crippen LogP contribution >= 0.6 is 0 Å². The minimum Gasteiger partial charge on any atom is -0.375 e. The van der Waals surface area contributed by atoms with E-state index in [1.807, 2.05) is 42.6 Å². The second-order valence-corrected chi connectivity index (χ2v) is 7.76. The average Bonchev–Trinajstić information content (AvgIpc) is 3.39. The van der Waals surface area contributed by atoms with Crippen LogP contribution in [0.5, 0.6) is 0 Å². The van der Waals surface area contributed by atoms with Crippen molar-refractivity contribution in [3.8, 4) is 0 Å². The third kappa shape index (κ3) is 2.36. The Morgan fingerprint density at radius 1 is 1.11 bits per heavy atom. The fraction of sp³-hybridized carbons (Fsp3) is 0.304. The Morgan fingerprint density at radius 3 is 2.71 bits per heavy atom. The summed E-state index contributed by atoms with van der Waals surface area (Å²) in [5.41, 5.74) is 1.75. The van der Waals surface area contributed by atoms with Crippen molar-refractivity contribution in [2.45, 2.75) is 31.3 Å². The summed E-state index contributed by atoms with van der Waals surface area (Å²) in [6.07, 6.45) is 4.38. The van der Waals surface area contributed by atoms with E-state index < -0.39 is 11.5 Å². The van der Waals surface area contributed by atoms with E-state index in [-0.39, 0.29) is 11.7 Å². The molecule has 5 heteroatoms. The third-order valence-electron chi connectivity index (χ3n) is 6.27. The molecule has 2 N–H and O–H groups in total. The Hall–Kier alpha value is -2.92. The van der Waals surface area contributed by atoms with Gasteiger partial charge in [0.05, 0.1) is 11.6 Å². The van der Waals surface area contributed by atoms with E-state index in [1.54, 1.807) is 11.0 Å². The fourth-order valence-electron chi connectivity index (χ4n) is 4.85. The van der Waals surface area contributed by atoms with Crippen molar-refractivity contribution >= 4 is 28.3 Å². The molecular formula is C23H22N2O3. The molecule has 2 aliphatic rings. The number of benzene rings is 2. The molecule has 3 aromatic rings. The summed E-state index contributed by atoms with van der Waals surface area (Å²) in [5, 5.41) is 12.6. The minimum absolute atomic E-state index is 0.0101. The van der Waals surface area contributed by atoms with Crippen LogP contribution in [0.1, 0.15) is 30.4 Å². The van der Waals surface area contributed by atoms with Crippen molar-refractivity contribution in [3.05, 3.63) is 65.9 Å². The number of H-pyrrole nitrogens is 1. The molecule has 0 spiro atoms. The topological polar surface area (TPSA) is 73.4 Å². The number of para-hydroxylation sites is 2. The first-order valence-corrected chi connectivity index (χ1v) is 9.82. The molecule has 0 radical (unpaired) electrons. The summed E-state index contributed by atoms with van der Waals surface area (Å²) in [4.78, 5) is 30.7. The number of nitrogens with one attached hydrogen (secondary N) is 1. The van der Waals surface area contributed by atoms with Gasteiger partial charge in [0.1, 0.15) is 5.78 Å². The van der Waals surface area contributed by atoms with Gasteiger partial charge in [0.2, 0.25) is 0 Å². The molecule has 2 atom stereocenters. The Balaban J connectivity index is 1.48. The predicted octanol–water partition coefficient (Wildman–Crippen LogP) is 3.31. The zero-order chi connectivity index (χ0) is 19.3. The number of aromatic nitrogens is 1. The van der Waals surface area contributed by atoms with Gasteiger partial charge in [-0.25, -0.2) is 0 Å². The number of anilines is 1. The number of aliphatic hydroxyl groups is 1. The van der Waals surface area contributed by atoms with E-state index in [1.165, 1.54) is 0 Å². The number of amides is 1. The number of aromatic amines is 1. The highest BCUT2D eigenvalue weighted by molar-refractivity contribution is 6.09. The van der Waals surface area contributed by atoms with Gasteiger partial charge in [-0.3, -0.25) is 9.59 Å². The van der Waals surface area contributed by atoms with Crippen LogP contribution in [0.15, 0.2) is 54.7 Å². The van der Waals surface area contributed by atoms with Crippen molar-refractivity contribution < 1.29 is 14.7 Å². The van der Waals surface area contributed by atoms with Gasteiger partial charge in [-0.2, -0.15) is 0 Å². The second-order valence-electron chi connectivity index (χ2n) is 7.76. The number of Topliss-reactive ketones (excluding diaryl/α,β-unsaturated/α-hetero) is 1. The van der Waals surface area contributed by atoms with Crippen LogP contribution in [0.4, 0.5) is 5.69 Å². The van der Waals surface area contributed by atoms with Crippen molar-refractivity contribution in [1.82, 2.24) is 4.98 Å². The maximum Gasteiger partial charge on any atom is 0.264 e. The van der Waals surface area contributed by atoms with E-state index in [2.05, 4.69) is 11.1 Å². The first-order chi connectivity index (χ1) is 13.6. The quantitative estimate of drug-likeness (QED) is 0.736. The van der Waals surface area contributed by atoms with E-state index >= 15 is 0 Å². The van der Waals surface area contributed by atoms with Gasteiger partial charge in [-0.05, 0) is 37.0 Å². The molecule has 2 aromatic carbocycles. The van der Waals surface area contributed by atoms with Crippen molar-refractivity contribution in [2.24, 2.45) is 5.92 Å². The first kappa shape index (κ1) is 17.2. The molecule has 5 nitrogen and oxygen atoms in total. The number of ketones is 1. The zero-order valence-electron chi connectivity index (χ0n) is 15.5. The van der Waals surface area contributed by atoms with E-state index in [0.29, 0.717) is 31.4 Å². The highest BCUT2D eigenvalue weighted by Crippen LogP contribution is 2.48. The third-order valence-corrected chi connectivity index (χ3v) is 6.27. The molecule has 2 heterocycles. The normalized spacial score (nSPS) is 24.3. The number of hydrogen-bond acceptors (Lipinski definition) is 3. The van der Waals surface area contributed by atoms with Crippen LogP contribution in [0.25, 0.3) is 10.9 Å². The van der Waals surface area contributed by atoms with Crippen molar-refractivity contribution in [1.29, 1.82) is 0 Å². The van der Waals surface area contributed by atoms with Gasteiger partial charge >= 0.3 is 0 Å². The van der Waals surface area contributed by atoms with Crippen LogP contribution in [0.2, 0.25) is 0 Å². The summed E-state index contributed by atoms with van der Waals surface area (Å²) in [6.45, 7) is 0.459. The summed E-state index contributed by atoms with van der Waals surface area (Å²) >= 11 is 0. The van der Waals surface area contributed by atoms with Crippen LogP contribution in [0.3, 0.4) is 0 Å². The standard InChI is InChI=1S/C23H22N2O3/c26-21-11-5-8-18(21)23(28)17-7-2-4-10-20(17)25(22(23)27)13-12-15-14-24-19-9-3-1-6-16(15)19/h1-4,6-7,9-10,14,18,24,28H,5,8,11-13H2/t18?,23-/m0/s1. The first-order valence-electron chi connectivity index (χ1n) is 9.82. The maximum absolute atomic E-state index is 13.4. The number of carbonyl (C=O) groups excluding carboxylic acids is 2. The molecule has 1 aliphatic heterocycles. The molecule has 1 fully saturated rings. The minimum atomic E-state index is -1.73. The lowest BCUT2D eigenvalue weighted by atomic mass is 9.80. The number of carbonyl (C=O) groups is 2. The van der Waals surface area contributed by atoms with Crippen molar-refractivity contribution in [2.75, 3.05) is 11.4 Å². The smallest absolute Gasteiger partial charge is 0.264 e. The Morgan fingerprint density at radius 2 is 1.89 bits per heavy atom. The molecule has 1 aromatic heterocycles. The van der Waals surface area contributed by atoms with Gasteiger partial charge in [0.25, 0.3) is 5.91 Å². The molecule has 1 unspecified atom stereocenters. The van der Waals surface area contributed by atoms with E-state index in [9.17, 15) is 14.7 Å². The molecule has 5 rings (SSSR count). The number of nitrogens with zero attached hydrogens (tertiary/aromatic N) is 1. The monoisotopic (exact) mass is 374 g/mol. The lowest BCUT2D eigenvalue weighted by Gasteiger charge is -2.28. The van der Waals surface area contributed by atoms with Gasteiger partial charge in [0, 0.05) is 35.6 Å². The highest BCUT2D eigenvalue weighted by Gasteiger charge is 2.57. The van der Waals surface area contributed by atoms with Crippen LogP contribution in [-0.2, 0) is 21.6 Å². The molecule has 1 saturated carbocycles. The maximum atomic E-state index is 13.4. The largest absolute Gasteiger partial charge is 0.375 e. The molecule has 142 valence electrons. The van der Waals surface area contributed by atoms with Gasteiger partial charge in [0.15, 0.2) is 5.60 Å². The number of hydrogen-bond donors (Lipinski definition) is 2. The summed E-state index contributed by atoms with van der Waals surface area (Å²) < 4.78 is 0. The van der Waals surface area contributed by atoms with Crippen LogP contribution < -0.4 is 4.90 Å². The van der Waals surface area contributed by atoms with Crippen LogP contribution in [-0.4, -0.2) is 28.3 Å². The second kappa shape index (κ2) is 6.31. The van der Waals surface area contributed by atoms with Crippen molar-refractivity contribution in [3.63, 3.8) is 0 Å². The molecule has 1 amide bonds. The van der Waals surface area contributed by atoms with Gasteiger partial charge < -0.3 is 15.0 Å². The summed E-state index contributed by atoms with van der Waals surface area (Å²) in [6, 6.07) is 15.4. The zero-order valence-corrected chi connectivity index (χ0v) is 15.5. The molecular weight excluding hydrogens is 352 g/mol. The Kier molecular flexibility index (Phi) is 3.88. The lowest BCUT2D eigenvalue weighted by molar-refractivity contribution is -0.148. The molecule has 28 heavy (non-hydrogen) atoms. The predicted molar refractivity (Wildman–Crippen MR) is 107 cm³/mol. The number of rotatable bonds is 4. The van der Waals surface area contributed by atoms with E-state index in [0.717, 1.165) is 28.6 Å². The lowest BCUT2D eigenvalue weighted by Crippen LogP contribution is -2.47. The Bertz CT molecular complexity index is 1090. The number of fused-ring (bicyclic) bond motifs is 2. The summed E-state index contributed by atoms with van der Waals surface area (Å²) in [5.74, 6) is -1.02. The molecule has 0 saturated heterocycles. The molecule has 0 bridgehead atoms. The van der Waals surface area contributed by atoms with Gasteiger partial charge in [-0.15, -0.1) is 0 Å². The van der Waals surface area contributed by atoms with Crippen LogP contribution in [0, 0.1) is 5.92 Å².